The second-order valence-corrected chi connectivity index (χ2v) is 5.69. The molecular weight excluding hydrogens is 204 g/mol. The van der Waals surface area contributed by atoms with E-state index in [1.807, 2.05) is 20.8 Å². The van der Waals surface area contributed by atoms with E-state index in [0.29, 0.717) is 18.4 Å². The summed E-state index contributed by atoms with van der Waals surface area (Å²) in [6.45, 7) is 10.1. The zero-order valence-electron chi connectivity index (χ0n) is 10.8. The maximum absolute atomic E-state index is 11.8. The molecule has 0 bridgehead atoms. The van der Waals surface area contributed by atoms with Gasteiger partial charge in [0.15, 0.2) is 0 Å². The van der Waals surface area contributed by atoms with Gasteiger partial charge in [0.2, 0.25) is 0 Å². The Morgan fingerprint density at radius 3 is 2.56 bits per heavy atom. The standard InChI is InChI=1S/C12H24N2O2/c1-9-8-14(6-5-10(9)7-13)11(15)16-12(2,3)4/h9-10H,5-8,13H2,1-4H3. The van der Waals surface area contributed by atoms with Crippen LogP contribution >= 0.6 is 0 Å². The van der Waals surface area contributed by atoms with Gasteiger partial charge in [0.05, 0.1) is 0 Å². The van der Waals surface area contributed by atoms with Gasteiger partial charge in [-0.2, -0.15) is 0 Å². The molecule has 4 nitrogen and oxygen atoms in total. The molecule has 2 unspecified atom stereocenters. The van der Waals surface area contributed by atoms with Crippen molar-refractivity contribution >= 4 is 6.09 Å². The van der Waals surface area contributed by atoms with Crippen molar-refractivity contribution < 1.29 is 9.53 Å². The number of amides is 1. The highest BCUT2D eigenvalue weighted by Gasteiger charge is 2.30. The molecule has 0 aromatic heterocycles. The van der Waals surface area contributed by atoms with Crippen LogP contribution < -0.4 is 5.73 Å². The number of carbonyl (C=O) groups excluding carboxylic acids is 1. The van der Waals surface area contributed by atoms with Crippen LogP contribution in [0.15, 0.2) is 0 Å². The third-order valence-corrected chi connectivity index (χ3v) is 3.04. The first-order valence-corrected chi connectivity index (χ1v) is 6.01. The summed E-state index contributed by atoms with van der Waals surface area (Å²) in [5.74, 6) is 1.00. The van der Waals surface area contributed by atoms with E-state index >= 15 is 0 Å². The topological polar surface area (TPSA) is 55.6 Å². The van der Waals surface area contributed by atoms with Crippen LogP contribution in [0.3, 0.4) is 0 Å². The fraction of sp³-hybridized carbons (Fsp3) is 0.917. The number of piperidine rings is 1. The highest BCUT2D eigenvalue weighted by Crippen LogP contribution is 2.23. The number of likely N-dealkylation sites (tertiary alicyclic amines) is 1. The van der Waals surface area contributed by atoms with Crippen molar-refractivity contribution in [3.8, 4) is 0 Å². The second-order valence-electron chi connectivity index (χ2n) is 5.69. The molecule has 94 valence electrons. The Morgan fingerprint density at radius 2 is 2.12 bits per heavy atom. The summed E-state index contributed by atoms with van der Waals surface area (Å²) in [5.41, 5.74) is 5.27. The van der Waals surface area contributed by atoms with E-state index < -0.39 is 5.60 Å². The highest BCUT2D eigenvalue weighted by molar-refractivity contribution is 5.68. The van der Waals surface area contributed by atoms with Crippen LogP contribution in [0.5, 0.6) is 0 Å². The minimum Gasteiger partial charge on any atom is -0.444 e. The van der Waals surface area contributed by atoms with Crippen LogP contribution in [-0.4, -0.2) is 36.2 Å². The molecule has 16 heavy (non-hydrogen) atoms. The Kier molecular flexibility index (Phi) is 4.19. The molecule has 2 N–H and O–H groups in total. The van der Waals surface area contributed by atoms with E-state index in [-0.39, 0.29) is 6.09 Å². The van der Waals surface area contributed by atoms with Gasteiger partial charge in [0.1, 0.15) is 5.60 Å². The summed E-state index contributed by atoms with van der Waals surface area (Å²) < 4.78 is 5.35. The number of nitrogens with two attached hydrogens (primary N) is 1. The summed E-state index contributed by atoms with van der Waals surface area (Å²) in [5, 5.41) is 0. The van der Waals surface area contributed by atoms with Crippen molar-refractivity contribution in [3.05, 3.63) is 0 Å². The fourth-order valence-corrected chi connectivity index (χ4v) is 2.04. The molecule has 1 amide bonds. The molecule has 1 aliphatic heterocycles. The Bertz CT molecular complexity index is 248. The number of hydrogen-bond acceptors (Lipinski definition) is 3. The average molecular weight is 228 g/mol. The van der Waals surface area contributed by atoms with Crippen molar-refractivity contribution in [1.82, 2.24) is 4.90 Å². The second kappa shape index (κ2) is 5.04. The van der Waals surface area contributed by atoms with Crippen LogP contribution in [0, 0.1) is 11.8 Å². The summed E-state index contributed by atoms with van der Waals surface area (Å²) in [7, 11) is 0. The van der Waals surface area contributed by atoms with Crippen molar-refractivity contribution in [2.45, 2.75) is 39.7 Å². The molecule has 0 spiro atoms. The van der Waals surface area contributed by atoms with Gasteiger partial charge in [-0.25, -0.2) is 4.79 Å². The predicted octanol–water partition coefficient (Wildman–Crippen LogP) is 1.84. The molecule has 0 aromatic rings. The largest absolute Gasteiger partial charge is 0.444 e. The average Bonchev–Trinajstić information content (AvgIpc) is 2.15. The summed E-state index contributed by atoms with van der Waals surface area (Å²) >= 11 is 0. The van der Waals surface area contributed by atoms with Gasteiger partial charge in [-0.1, -0.05) is 6.92 Å². The quantitative estimate of drug-likeness (QED) is 0.745. The van der Waals surface area contributed by atoms with E-state index in [1.54, 1.807) is 4.90 Å². The lowest BCUT2D eigenvalue weighted by Gasteiger charge is -2.37. The summed E-state index contributed by atoms with van der Waals surface area (Å²) in [6.07, 6.45) is 0.784. The molecule has 1 heterocycles. The maximum Gasteiger partial charge on any atom is 0.410 e. The Labute approximate surface area is 98.1 Å². The van der Waals surface area contributed by atoms with Gasteiger partial charge >= 0.3 is 6.09 Å². The number of carbonyl (C=O) groups is 1. The lowest BCUT2D eigenvalue weighted by Crippen LogP contribution is -2.46. The number of nitrogens with zero attached hydrogens (tertiary/aromatic N) is 1. The molecule has 4 heteroatoms. The molecule has 0 radical (unpaired) electrons. The third-order valence-electron chi connectivity index (χ3n) is 3.04. The lowest BCUT2D eigenvalue weighted by molar-refractivity contribution is 0.0122. The SMILES string of the molecule is CC1CN(C(=O)OC(C)(C)C)CCC1CN. The van der Waals surface area contributed by atoms with E-state index in [4.69, 9.17) is 10.5 Å². The number of rotatable bonds is 1. The van der Waals surface area contributed by atoms with E-state index in [2.05, 4.69) is 6.92 Å². The zero-order chi connectivity index (χ0) is 12.3. The van der Waals surface area contributed by atoms with Crippen molar-refractivity contribution in [3.63, 3.8) is 0 Å². The van der Waals surface area contributed by atoms with Gasteiger partial charge in [-0.3, -0.25) is 0 Å². The van der Waals surface area contributed by atoms with Crippen molar-refractivity contribution in [1.29, 1.82) is 0 Å². The molecule has 1 rings (SSSR count). The normalized spacial score (nSPS) is 26.7. The summed E-state index contributed by atoms with van der Waals surface area (Å²) in [4.78, 5) is 13.6. The first-order valence-electron chi connectivity index (χ1n) is 6.01. The molecule has 1 fully saturated rings. The molecule has 1 aliphatic rings. The Hall–Kier alpha value is -0.770. The summed E-state index contributed by atoms with van der Waals surface area (Å²) in [6, 6.07) is 0. The fourth-order valence-electron chi connectivity index (χ4n) is 2.04. The van der Waals surface area contributed by atoms with E-state index in [1.165, 1.54) is 0 Å². The van der Waals surface area contributed by atoms with Gasteiger partial charge < -0.3 is 15.4 Å². The highest BCUT2D eigenvalue weighted by atomic mass is 16.6. The maximum atomic E-state index is 11.8. The molecular formula is C12H24N2O2. The first kappa shape index (κ1) is 13.3. The Morgan fingerprint density at radius 1 is 1.50 bits per heavy atom. The number of hydrogen-bond donors (Lipinski definition) is 1. The van der Waals surface area contributed by atoms with Crippen molar-refractivity contribution in [2.24, 2.45) is 17.6 Å². The van der Waals surface area contributed by atoms with Crippen LogP contribution in [0.1, 0.15) is 34.1 Å². The monoisotopic (exact) mass is 228 g/mol. The minimum atomic E-state index is -0.412. The molecule has 0 aliphatic carbocycles. The van der Waals surface area contributed by atoms with Gasteiger partial charge in [-0.15, -0.1) is 0 Å². The molecule has 0 aromatic carbocycles. The van der Waals surface area contributed by atoms with Gasteiger partial charge in [-0.05, 0) is 45.6 Å². The van der Waals surface area contributed by atoms with Crippen LogP contribution in [0.25, 0.3) is 0 Å². The van der Waals surface area contributed by atoms with E-state index in [9.17, 15) is 4.79 Å². The van der Waals surface area contributed by atoms with Crippen LogP contribution in [0.4, 0.5) is 4.79 Å². The van der Waals surface area contributed by atoms with Crippen molar-refractivity contribution in [2.75, 3.05) is 19.6 Å². The van der Waals surface area contributed by atoms with Gasteiger partial charge in [0, 0.05) is 13.1 Å². The smallest absolute Gasteiger partial charge is 0.410 e. The Balaban J connectivity index is 2.48. The third kappa shape index (κ3) is 3.67. The molecule has 0 saturated carbocycles. The lowest BCUT2D eigenvalue weighted by atomic mass is 9.87. The zero-order valence-corrected chi connectivity index (χ0v) is 10.8. The minimum absolute atomic E-state index is 0.199. The van der Waals surface area contributed by atoms with Crippen LogP contribution in [0.2, 0.25) is 0 Å². The molecule has 1 saturated heterocycles. The first-order chi connectivity index (χ1) is 7.33. The number of ether oxygens (including phenoxy) is 1. The van der Waals surface area contributed by atoms with Gasteiger partial charge in [0.25, 0.3) is 0 Å². The predicted molar refractivity (Wildman–Crippen MR) is 64.1 cm³/mol. The van der Waals surface area contributed by atoms with E-state index in [0.717, 1.165) is 19.5 Å². The van der Waals surface area contributed by atoms with Crippen LogP contribution in [-0.2, 0) is 4.74 Å². The molecule has 2 atom stereocenters.